The van der Waals surface area contributed by atoms with E-state index in [1.165, 1.54) is 9.87 Å². The van der Waals surface area contributed by atoms with Crippen LogP contribution in [-0.4, -0.2) is 26.6 Å². The third-order valence-corrected chi connectivity index (χ3v) is 5.64. The van der Waals surface area contributed by atoms with E-state index in [0.29, 0.717) is 17.3 Å². The molecular weight excluding hydrogens is 360 g/mol. The molecule has 0 aliphatic carbocycles. The molecule has 2 aromatic rings. The first-order valence-corrected chi connectivity index (χ1v) is 10.8. The van der Waals surface area contributed by atoms with E-state index in [1.807, 2.05) is 44.2 Å². The molecule has 0 aliphatic rings. The molecule has 1 N–H and O–H groups in total. The van der Waals surface area contributed by atoms with E-state index in [1.54, 1.807) is 19.1 Å². The van der Waals surface area contributed by atoms with Crippen molar-refractivity contribution in [2.75, 3.05) is 15.9 Å². The molecule has 2 aromatic carbocycles. The number of hydrogen-bond donors (Lipinski definition) is 1. The van der Waals surface area contributed by atoms with Crippen molar-refractivity contribution < 1.29 is 13.2 Å². The maximum absolute atomic E-state index is 12.7. The molecule has 0 aliphatic heterocycles. The largest absolute Gasteiger partial charge is 0.324 e. The molecule has 1 atom stereocenters. The molecule has 6 heteroatoms. The molecule has 5 nitrogen and oxygen atoms in total. The fourth-order valence-electron chi connectivity index (χ4n) is 3.08. The highest BCUT2D eigenvalue weighted by Crippen LogP contribution is 2.25. The van der Waals surface area contributed by atoms with Gasteiger partial charge in [0.25, 0.3) is 0 Å². The van der Waals surface area contributed by atoms with E-state index in [2.05, 4.69) is 19.2 Å². The molecule has 0 saturated carbocycles. The first-order valence-electron chi connectivity index (χ1n) is 8.97. The van der Waals surface area contributed by atoms with E-state index in [0.717, 1.165) is 17.4 Å². The Kier molecular flexibility index (Phi) is 6.31. The zero-order valence-electron chi connectivity index (χ0n) is 16.8. The van der Waals surface area contributed by atoms with Crippen molar-refractivity contribution in [3.8, 4) is 0 Å². The van der Waals surface area contributed by atoms with Gasteiger partial charge in [0.2, 0.25) is 15.9 Å². The van der Waals surface area contributed by atoms with Crippen LogP contribution in [-0.2, 0) is 14.8 Å². The molecule has 1 amide bonds. The first kappa shape index (κ1) is 21.0. The third-order valence-electron chi connectivity index (χ3n) is 4.39. The van der Waals surface area contributed by atoms with Crippen molar-refractivity contribution >= 4 is 27.3 Å². The number of nitrogens with one attached hydrogen (secondary N) is 1. The summed E-state index contributed by atoms with van der Waals surface area (Å²) in [5, 5.41) is 2.81. The molecule has 2 rings (SSSR count). The third kappa shape index (κ3) is 5.32. The van der Waals surface area contributed by atoms with Crippen LogP contribution >= 0.6 is 0 Å². The molecule has 0 bridgehead atoms. The number of carbonyl (C=O) groups excluding carboxylic acids is 1. The highest BCUT2D eigenvalue weighted by atomic mass is 32.2. The quantitative estimate of drug-likeness (QED) is 0.806. The molecule has 0 saturated heterocycles. The Morgan fingerprint density at radius 2 is 1.48 bits per heavy atom. The topological polar surface area (TPSA) is 66.5 Å². The molecule has 0 spiro atoms. The smallest absolute Gasteiger partial charge is 0.247 e. The number of hydrogen-bond acceptors (Lipinski definition) is 3. The number of nitrogens with zero attached hydrogens (tertiary/aromatic N) is 1. The highest BCUT2D eigenvalue weighted by molar-refractivity contribution is 7.92. The van der Waals surface area contributed by atoms with Crippen LogP contribution in [0, 0.1) is 13.8 Å². The lowest BCUT2D eigenvalue weighted by atomic mass is 10.0. The van der Waals surface area contributed by atoms with E-state index in [4.69, 9.17) is 0 Å². The first-order chi connectivity index (χ1) is 12.5. The fraction of sp³-hybridized carbons (Fsp3) is 0.381. The summed E-state index contributed by atoms with van der Waals surface area (Å²) in [4.78, 5) is 12.7. The normalized spacial score (nSPS) is 12.7. The molecule has 0 heterocycles. The Morgan fingerprint density at radius 3 is 1.93 bits per heavy atom. The minimum atomic E-state index is -3.63. The molecule has 0 fully saturated rings. The van der Waals surface area contributed by atoms with Gasteiger partial charge < -0.3 is 5.32 Å². The average Bonchev–Trinajstić information content (AvgIpc) is 2.53. The van der Waals surface area contributed by atoms with Crippen LogP contribution in [0.5, 0.6) is 0 Å². The summed E-state index contributed by atoms with van der Waals surface area (Å²) < 4.78 is 26.0. The Morgan fingerprint density at radius 1 is 0.963 bits per heavy atom. The standard InChI is InChI=1S/C21H28N2O3S/c1-14(2)18-7-9-19(10-8-18)22-21(24)17(5)23(27(6,25)26)20-12-15(3)11-16(4)13-20/h7-14,17H,1-6H3,(H,22,24)/t17-/m1/s1. The minimum Gasteiger partial charge on any atom is -0.324 e. The van der Waals surface area contributed by atoms with Crippen LogP contribution in [0.15, 0.2) is 42.5 Å². The second-order valence-electron chi connectivity index (χ2n) is 7.35. The van der Waals surface area contributed by atoms with Crippen LogP contribution in [0.2, 0.25) is 0 Å². The second kappa shape index (κ2) is 8.13. The highest BCUT2D eigenvalue weighted by Gasteiger charge is 2.29. The number of rotatable bonds is 6. The molecule has 0 radical (unpaired) electrons. The van der Waals surface area contributed by atoms with Gasteiger partial charge >= 0.3 is 0 Å². The van der Waals surface area contributed by atoms with Crippen molar-refractivity contribution in [1.29, 1.82) is 0 Å². The summed E-state index contributed by atoms with van der Waals surface area (Å²) in [5.41, 5.74) is 4.19. The molecular formula is C21H28N2O3S. The summed E-state index contributed by atoms with van der Waals surface area (Å²) in [7, 11) is -3.63. The fourth-order valence-corrected chi connectivity index (χ4v) is 4.24. The van der Waals surface area contributed by atoms with Gasteiger partial charge in [0, 0.05) is 5.69 Å². The summed E-state index contributed by atoms with van der Waals surface area (Å²) in [6.07, 6.45) is 1.12. The Hall–Kier alpha value is -2.34. The van der Waals surface area contributed by atoms with E-state index >= 15 is 0 Å². The van der Waals surface area contributed by atoms with Crippen LogP contribution in [0.3, 0.4) is 0 Å². The lowest BCUT2D eigenvalue weighted by Crippen LogP contribution is -2.45. The van der Waals surface area contributed by atoms with Crippen LogP contribution in [0.1, 0.15) is 43.4 Å². The number of amides is 1. The average molecular weight is 389 g/mol. The zero-order valence-corrected chi connectivity index (χ0v) is 17.6. The summed E-state index contributed by atoms with van der Waals surface area (Å²) in [6, 6.07) is 12.2. The summed E-state index contributed by atoms with van der Waals surface area (Å²) in [6.45, 7) is 9.60. The van der Waals surface area contributed by atoms with Gasteiger partial charge in [-0.2, -0.15) is 0 Å². The van der Waals surface area contributed by atoms with Crippen molar-refractivity contribution in [3.05, 3.63) is 59.2 Å². The van der Waals surface area contributed by atoms with Crippen molar-refractivity contribution in [1.82, 2.24) is 0 Å². The Labute approximate surface area is 162 Å². The van der Waals surface area contributed by atoms with Crippen LogP contribution < -0.4 is 9.62 Å². The molecule has 27 heavy (non-hydrogen) atoms. The Bertz CT molecular complexity index is 899. The molecule has 0 unspecified atom stereocenters. The van der Waals surface area contributed by atoms with Crippen LogP contribution in [0.4, 0.5) is 11.4 Å². The van der Waals surface area contributed by atoms with Gasteiger partial charge in [0.05, 0.1) is 11.9 Å². The maximum Gasteiger partial charge on any atom is 0.247 e. The monoisotopic (exact) mass is 388 g/mol. The SMILES string of the molecule is Cc1cc(C)cc(N([C@H](C)C(=O)Nc2ccc(C(C)C)cc2)S(C)(=O)=O)c1. The summed E-state index contributed by atoms with van der Waals surface area (Å²) >= 11 is 0. The number of aryl methyl sites for hydroxylation is 2. The van der Waals surface area contributed by atoms with Gasteiger partial charge in [-0.15, -0.1) is 0 Å². The van der Waals surface area contributed by atoms with Gasteiger partial charge in [-0.25, -0.2) is 8.42 Å². The van der Waals surface area contributed by atoms with Crippen molar-refractivity contribution in [2.45, 2.75) is 46.6 Å². The lowest BCUT2D eigenvalue weighted by Gasteiger charge is -2.28. The number of sulfonamides is 1. The minimum absolute atomic E-state index is 0.378. The molecule has 0 aromatic heterocycles. The van der Waals surface area contributed by atoms with Gasteiger partial charge in [-0.05, 0) is 67.6 Å². The number of anilines is 2. The summed E-state index contributed by atoms with van der Waals surface area (Å²) in [5.74, 6) is 0.0239. The van der Waals surface area contributed by atoms with Crippen molar-refractivity contribution in [3.63, 3.8) is 0 Å². The number of benzene rings is 2. The molecule has 146 valence electrons. The van der Waals surface area contributed by atoms with Gasteiger partial charge in [-0.3, -0.25) is 9.10 Å². The maximum atomic E-state index is 12.7. The zero-order chi connectivity index (χ0) is 20.4. The number of carbonyl (C=O) groups is 1. The van der Waals surface area contributed by atoms with Gasteiger partial charge in [0.15, 0.2) is 0 Å². The van der Waals surface area contributed by atoms with Crippen LogP contribution in [0.25, 0.3) is 0 Å². The van der Waals surface area contributed by atoms with Gasteiger partial charge in [-0.1, -0.05) is 32.0 Å². The van der Waals surface area contributed by atoms with Gasteiger partial charge in [0.1, 0.15) is 6.04 Å². The lowest BCUT2D eigenvalue weighted by molar-refractivity contribution is -0.116. The second-order valence-corrected chi connectivity index (χ2v) is 9.21. The predicted molar refractivity (Wildman–Crippen MR) is 112 cm³/mol. The van der Waals surface area contributed by atoms with Crippen molar-refractivity contribution in [2.24, 2.45) is 0 Å². The van der Waals surface area contributed by atoms with E-state index < -0.39 is 16.1 Å². The Balaban J connectivity index is 2.29. The van der Waals surface area contributed by atoms with E-state index in [-0.39, 0.29) is 5.91 Å². The predicted octanol–water partition coefficient (Wildman–Crippen LogP) is 4.22. The van der Waals surface area contributed by atoms with E-state index in [9.17, 15) is 13.2 Å².